The second-order valence-corrected chi connectivity index (χ2v) is 9.55. The maximum Gasteiger partial charge on any atom is 0.343 e. The highest BCUT2D eigenvalue weighted by molar-refractivity contribution is 9.10. The molecule has 0 bridgehead atoms. The fraction of sp³-hybridized carbons (Fsp3) is 0.138. The summed E-state index contributed by atoms with van der Waals surface area (Å²) in [6.07, 6.45) is 0.739. The average molecular weight is 541 g/mol. The first kappa shape index (κ1) is 23.6. The largest absolute Gasteiger partial charge is 0.444 e. The molecule has 7 heteroatoms. The van der Waals surface area contributed by atoms with Gasteiger partial charge in [0.2, 0.25) is 5.88 Å². The number of hydrogen-bond acceptors (Lipinski definition) is 6. The number of Topliss-reactive ketones (excluding diaryl/α,β-unsaturated/α-hetero) is 1. The van der Waals surface area contributed by atoms with Gasteiger partial charge in [-0.25, -0.2) is 4.79 Å². The van der Waals surface area contributed by atoms with E-state index in [0.717, 1.165) is 5.56 Å². The van der Waals surface area contributed by atoms with Gasteiger partial charge in [0.25, 0.3) is 0 Å². The van der Waals surface area contributed by atoms with E-state index in [1.54, 1.807) is 42.5 Å². The molecule has 3 aromatic carbocycles. The number of ether oxygens (including phenoxy) is 2. The number of nitriles is 1. The Balaban J connectivity index is 1.59. The van der Waals surface area contributed by atoms with E-state index in [4.69, 9.17) is 15.2 Å². The van der Waals surface area contributed by atoms with Crippen molar-refractivity contribution in [3.8, 4) is 11.8 Å². The number of nitrogens with two attached hydrogens (primary N) is 1. The summed E-state index contributed by atoms with van der Waals surface area (Å²) in [5, 5.41) is 10.00. The van der Waals surface area contributed by atoms with Gasteiger partial charge in [0.05, 0.1) is 11.5 Å². The number of rotatable bonds is 4. The first-order valence-electron chi connectivity index (χ1n) is 11.4. The molecule has 3 aromatic rings. The van der Waals surface area contributed by atoms with Crippen LogP contribution in [0.1, 0.15) is 46.2 Å². The molecule has 5 rings (SSSR count). The standard InChI is InChI=1S/C29H21BrN2O4/c30-20-11-12-24(36-29(34)18-9-5-2-6-10-18)21(15-20)26-22(16-31)28(32)35-25-14-19(13-23(33)27(25)26)17-7-3-1-4-8-17/h1-12,15,19,26H,13-14,32H2. The minimum atomic E-state index is -0.820. The number of halogens is 1. The first-order valence-corrected chi connectivity index (χ1v) is 12.2. The van der Waals surface area contributed by atoms with Gasteiger partial charge in [-0.2, -0.15) is 5.26 Å². The van der Waals surface area contributed by atoms with E-state index >= 15 is 0 Å². The van der Waals surface area contributed by atoms with E-state index in [-0.39, 0.29) is 35.3 Å². The molecule has 0 spiro atoms. The van der Waals surface area contributed by atoms with Crippen LogP contribution in [0.25, 0.3) is 0 Å². The molecule has 0 amide bonds. The quantitative estimate of drug-likeness (QED) is 0.327. The Kier molecular flexibility index (Phi) is 6.45. The second-order valence-electron chi connectivity index (χ2n) is 8.64. The van der Waals surface area contributed by atoms with Crippen molar-refractivity contribution >= 4 is 27.7 Å². The molecule has 2 unspecified atom stereocenters. The van der Waals surface area contributed by atoms with E-state index in [1.165, 1.54) is 0 Å². The van der Waals surface area contributed by atoms with Gasteiger partial charge in [-0.1, -0.05) is 64.5 Å². The number of benzene rings is 3. The van der Waals surface area contributed by atoms with E-state index in [2.05, 4.69) is 22.0 Å². The predicted octanol–water partition coefficient (Wildman–Crippen LogP) is 5.88. The molecule has 36 heavy (non-hydrogen) atoms. The molecule has 1 aliphatic carbocycles. The summed E-state index contributed by atoms with van der Waals surface area (Å²) >= 11 is 3.47. The van der Waals surface area contributed by atoms with Crippen LogP contribution in [0.4, 0.5) is 0 Å². The number of esters is 1. The molecule has 1 heterocycles. The van der Waals surface area contributed by atoms with Crippen molar-refractivity contribution in [1.82, 2.24) is 0 Å². The fourth-order valence-electron chi connectivity index (χ4n) is 4.75. The molecular weight excluding hydrogens is 520 g/mol. The Bertz CT molecular complexity index is 1460. The Morgan fingerprint density at radius 2 is 1.72 bits per heavy atom. The Morgan fingerprint density at radius 1 is 1.03 bits per heavy atom. The molecule has 0 aromatic heterocycles. The highest BCUT2D eigenvalue weighted by atomic mass is 79.9. The minimum Gasteiger partial charge on any atom is -0.444 e. The van der Waals surface area contributed by atoms with E-state index < -0.39 is 11.9 Å². The number of hydrogen-bond donors (Lipinski definition) is 1. The molecule has 6 nitrogen and oxygen atoms in total. The third-order valence-electron chi connectivity index (χ3n) is 6.43. The van der Waals surface area contributed by atoms with Crippen LogP contribution in [0.15, 0.2) is 106 Å². The van der Waals surface area contributed by atoms with Gasteiger partial charge in [-0.15, -0.1) is 0 Å². The van der Waals surface area contributed by atoms with Crippen molar-refractivity contribution in [3.05, 3.63) is 123 Å². The maximum absolute atomic E-state index is 13.6. The molecule has 0 fully saturated rings. The van der Waals surface area contributed by atoms with Gasteiger partial charge in [0, 0.05) is 28.5 Å². The smallest absolute Gasteiger partial charge is 0.343 e. The second kappa shape index (κ2) is 9.84. The molecule has 0 saturated heterocycles. The van der Waals surface area contributed by atoms with Crippen LogP contribution in [-0.2, 0) is 9.53 Å². The SMILES string of the molecule is N#CC1=C(N)OC2=C(C(=O)CC(c3ccccc3)C2)C1c1cc(Br)ccc1OC(=O)c1ccccc1. The van der Waals surface area contributed by atoms with Crippen LogP contribution in [-0.4, -0.2) is 11.8 Å². The van der Waals surface area contributed by atoms with Crippen LogP contribution in [0.3, 0.4) is 0 Å². The number of allylic oxidation sites excluding steroid dienone is 3. The van der Waals surface area contributed by atoms with Gasteiger partial charge in [0.15, 0.2) is 5.78 Å². The van der Waals surface area contributed by atoms with Gasteiger partial charge >= 0.3 is 5.97 Å². The third-order valence-corrected chi connectivity index (χ3v) is 6.92. The van der Waals surface area contributed by atoms with Crippen molar-refractivity contribution in [2.45, 2.75) is 24.7 Å². The van der Waals surface area contributed by atoms with Crippen molar-refractivity contribution in [1.29, 1.82) is 5.26 Å². The topological polar surface area (TPSA) is 102 Å². The molecule has 0 radical (unpaired) electrons. The summed E-state index contributed by atoms with van der Waals surface area (Å²) in [5.74, 6) is -0.925. The van der Waals surface area contributed by atoms with Crippen molar-refractivity contribution in [3.63, 3.8) is 0 Å². The highest BCUT2D eigenvalue weighted by Gasteiger charge is 2.42. The third kappa shape index (κ3) is 4.43. The lowest BCUT2D eigenvalue weighted by molar-refractivity contribution is -0.117. The minimum absolute atomic E-state index is 0.0527. The normalized spacial score (nSPS) is 19.3. The number of carbonyl (C=O) groups is 2. The molecule has 178 valence electrons. The van der Waals surface area contributed by atoms with E-state index in [0.29, 0.717) is 33.4 Å². The predicted molar refractivity (Wildman–Crippen MR) is 137 cm³/mol. The zero-order valence-electron chi connectivity index (χ0n) is 19.1. The maximum atomic E-state index is 13.6. The molecule has 0 saturated carbocycles. The van der Waals surface area contributed by atoms with Crippen LogP contribution in [0.5, 0.6) is 5.75 Å². The summed E-state index contributed by atoms with van der Waals surface area (Å²) in [6, 6.07) is 25.6. The summed E-state index contributed by atoms with van der Waals surface area (Å²) in [7, 11) is 0. The Labute approximate surface area is 216 Å². The van der Waals surface area contributed by atoms with Gasteiger partial charge in [-0.05, 0) is 41.8 Å². The molecule has 2 aliphatic rings. The summed E-state index contributed by atoms with van der Waals surface area (Å²) in [4.78, 5) is 26.4. The molecule has 1 aliphatic heterocycles. The lowest BCUT2D eigenvalue weighted by Gasteiger charge is -2.34. The molecular formula is C29H21BrN2O4. The highest BCUT2D eigenvalue weighted by Crippen LogP contribution is 2.49. The van der Waals surface area contributed by atoms with Crippen LogP contribution in [0.2, 0.25) is 0 Å². The molecule has 2 N–H and O–H groups in total. The fourth-order valence-corrected chi connectivity index (χ4v) is 5.13. The Hall–Kier alpha value is -4.15. The van der Waals surface area contributed by atoms with Crippen LogP contribution < -0.4 is 10.5 Å². The number of nitrogens with zero attached hydrogens (tertiary/aromatic N) is 1. The van der Waals surface area contributed by atoms with Gasteiger partial charge in [0.1, 0.15) is 23.2 Å². The monoisotopic (exact) mass is 540 g/mol. The lowest BCUT2D eigenvalue weighted by atomic mass is 9.73. The zero-order chi connectivity index (χ0) is 25.2. The van der Waals surface area contributed by atoms with Crippen molar-refractivity contribution in [2.75, 3.05) is 0 Å². The lowest BCUT2D eigenvalue weighted by Crippen LogP contribution is -2.30. The summed E-state index contributed by atoms with van der Waals surface area (Å²) < 4.78 is 12.3. The zero-order valence-corrected chi connectivity index (χ0v) is 20.7. The first-order chi connectivity index (χ1) is 17.5. The summed E-state index contributed by atoms with van der Waals surface area (Å²) in [6.45, 7) is 0. The summed E-state index contributed by atoms with van der Waals surface area (Å²) in [5.41, 5.74) is 8.59. The van der Waals surface area contributed by atoms with E-state index in [9.17, 15) is 14.9 Å². The van der Waals surface area contributed by atoms with Gasteiger partial charge in [-0.3, -0.25) is 4.79 Å². The van der Waals surface area contributed by atoms with Crippen molar-refractivity contribution < 1.29 is 19.1 Å². The van der Waals surface area contributed by atoms with E-state index in [1.807, 2.05) is 36.4 Å². The number of ketones is 1. The Morgan fingerprint density at radius 3 is 2.42 bits per heavy atom. The van der Waals surface area contributed by atoms with Gasteiger partial charge < -0.3 is 15.2 Å². The number of carbonyl (C=O) groups excluding carboxylic acids is 2. The van der Waals surface area contributed by atoms with Crippen LogP contribution >= 0.6 is 15.9 Å². The van der Waals surface area contributed by atoms with Crippen molar-refractivity contribution in [2.24, 2.45) is 5.73 Å². The average Bonchev–Trinajstić information content (AvgIpc) is 2.89. The van der Waals surface area contributed by atoms with Crippen LogP contribution in [0, 0.1) is 11.3 Å². The molecule has 2 atom stereocenters.